The van der Waals surface area contributed by atoms with Crippen LogP contribution in [-0.4, -0.2) is 24.2 Å². The van der Waals surface area contributed by atoms with Crippen LogP contribution in [0.25, 0.3) is 22.0 Å². The first-order chi connectivity index (χ1) is 12.7. The van der Waals surface area contributed by atoms with Crippen LogP contribution in [0.15, 0.2) is 56.8 Å². The standard InChI is InChI=1S/C19H15ClN2O4S/c1-11-7-17-13(9-14(11)20)12(8-18(23)26-17)10-22-16-6-4-3-5-15(16)21-19(22)27(2,24)25/h3-9H,10H2,1-2H3. The van der Waals surface area contributed by atoms with Gasteiger partial charge in [-0.1, -0.05) is 23.7 Å². The lowest BCUT2D eigenvalue weighted by atomic mass is 10.1. The summed E-state index contributed by atoms with van der Waals surface area (Å²) in [7, 11) is -3.57. The summed E-state index contributed by atoms with van der Waals surface area (Å²) in [6.07, 6.45) is 1.11. The quantitative estimate of drug-likeness (QED) is 0.489. The molecule has 0 aliphatic heterocycles. The third-order valence-electron chi connectivity index (χ3n) is 4.39. The second kappa shape index (κ2) is 6.21. The van der Waals surface area contributed by atoms with Crippen LogP contribution in [0, 0.1) is 6.92 Å². The summed E-state index contributed by atoms with van der Waals surface area (Å²) in [4.78, 5) is 16.3. The number of rotatable bonds is 3. The molecule has 0 unspecified atom stereocenters. The fraction of sp³-hybridized carbons (Fsp3) is 0.158. The van der Waals surface area contributed by atoms with E-state index in [0.717, 1.165) is 11.8 Å². The van der Waals surface area contributed by atoms with Crippen molar-refractivity contribution in [2.45, 2.75) is 18.6 Å². The SMILES string of the molecule is Cc1cc2oc(=O)cc(Cn3c(S(C)(=O)=O)nc4ccccc43)c2cc1Cl. The topological polar surface area (TPSA) is 82.2 Å². The van der Waals surface area contributed by atoms with Crippen molar-refractivity contribution in [2.24, 2.45) is 0 Å². The van der Waals surface area contributed by atoms with Gasteiger partial charge >= 0.3 is 5.63 Å². The molecule has 138 valence electrons. The van der Waals surface area contributed by atoms with Gasteiger partial charge in [-0.05, 0) is 42.3 Å². The molecule has 2 aromatic heterocycles. The maximum Gasteiger partial charge on any atom is 0.336 e. The molecule has 0 aliphatic rings. The number of aromatic nitrogens is 2. The Morgan fingerprint density at radius 3 is 2.67 bits per heavy atom. The number of halogens is 1. The zero-order chi connectivity index (χ0) is 19.3. The summed E-state index contributed by atoms with van der Waals surface area (Å²) in [5.74, 6) is 0. The van der Waals surface area contributed by atoms with Gasteiger partial charge in [0.1, 0.15) is 5.58 Å². The molecule has 8 heteroatoms. The van der Waals surface area contributed by atoms with E-state index < -0.39 is 15.5 Å². The first-order valence-electron chi connectivity index (χ1n) is 8.12. The van der Waals surface area contributed by atoms with Gasteiger partial charge in [0.2, 0.25) is 15.0 Å². The van der Waals surface area contributed by atoms with E-state index >= 15 is 0 Å². The Balaban J connectivity index is 2.01. The Hall–Kier alpha value is -2.64. The van der Waals surface area contributed by atoms with Gasteiger partial charge in [0.15, 0.2) is 0 Å². The number of hydrogen-bond acceptors (Lipinski definition) is 5. The molecular formula is C19H15ClN2O4S. The van der Waals surface area contributed by atoms with Crippen molar-refractivity contribution >= 4 is 43.4 Å². The van der Waals surface area contributed by atoms with Crippen LogP contribution in [0.1, 0.15) is 11.1 Å². The Bertz CT molecular complexity index is 1370. The number of benzene rings is 2. The highest BCUT2D eigenvalue weighted by molar-refractivity contribution is 7.90. The monoisotopic (exact) mass is 402 g/mol. The second-order valence-electron chi connectivity index (χ2n) is 6.43. The minimum Gasteiger partial charge on any atom is -0.423 e. The van der Waals surface area contributed by atoms with Crippen LogP contribution in [0.2, 0.25) is 5.02 Å². The van der Waals surface area contributed by atoms with Crippen LogP contribution in [-0.2, 0) is 16.4 Å². The zero-order valence-electron chi connectivity index (χ0n) is 14.6. The highest BCUT2D eigenvalue weighted by atomic mass is 35.5. The maximum absolute atomic E-state index is 12.3. The van der Waals surface area contributed by atoms with Gasteiger partial charge in [0.05, 0.1) is 17.6 Å². The third kappa shape index (κ3) is 3.13. The molecule has 0 fully saturated rings. The van der Waals surface area contributed by atoms with Crippen molar-refractivity contribution in [2.75, 3.05) is 6.26 Å². The van der Waals surface area contributed by atoms with Crippen molar-refractivity contribution < 1.29 is 12.8 Å². The molecule has 0 bridgehead atoms. The number of para-hydroxylation sites is 2. The minimum atomic E-state index is -3.57. The van der Waals surface area contributed by atoms with Crippen LogP contribution in [0.4, 0.5) is 0 Å². The summed E-state index contributed by atoms with van der Waals surface area (Å²) in [5.41, 5.74) is 2.52. The Morgan fingerprint density at radius 1 is 1.19 bits per heavy atom. The average Bonchev–Trinajstić information content (AvgIpc) is 2.96. The van der Waals surface area contributed by atoms with Gasteiger partial charge in [-0.2, -0.15) is 0 Å². The molecule has 0 aliphatic carbocycles. The molecule has 6 nitrogen and oxygen atoms in total. The fourth-order valence-corrected chi connectivity index (χ4v) is 4.13. The van der Waals surface area contributed by atoms with E-state index in [0.29, 0.717) is 32.6 Å². The molecule has 0 spiro atoms. The summed E-state index contributed by atoms with van der Waals surface area (Å²) >= 11 is 6.25. The molecule has 0 saturated carbocycles. The predicted octanol–water partition coefficient (Wildman–Crippen LogP) is 3.56. The molecule has 4 aromatic rings. The van der Waals surface area contributed by atoms with Gasteiger partial charge in [-0.25, -0.2) is 18.2 Å². The highest BCUT2D eigenvalue weighted by Gasteiger charge is 2.20. The molecule has 0 atom stereocenters. The van der Waals surface area contributed by atoms with Crippen molar-refractivity contribution in [3.05, 3.63) is 69.0 Å². The second-order valence-corrected chi connectivity index (χ2v) is 8.75. The minimum absolute atomic E-state index is 0.0525. The molecule has 0 amide bonds. The first kappa shape index (κ1) is 17.8. The number of hydrogen-bond donors (Lipinski definition) is 0. The zero-order valence-corrected chi connectivity index (χ0v) is 16.1. The van der Waals surface area contributed by atoms with Crippen molar-refractivity contribution in [1.82, 2.24) is 9.55 Å². The van der Waals surface area contributed by atoms with E-state index in [1.807, 2.05) is 13.0 Å². The van der Waals surface area contributed by atoms with E-state index in [-0.39, 0.29) is 11.7 Å². The van der Waals surface area contributed by atoms with Gasteiger partial charge in [-0.3, -0.25) is 0 Å². The number of fused-ring (bicyclic) bond motifs is 2. The lowest BCUT2D eigenvalue weighted by Gasteiger charge is -2.11. The molecule has 0 saturated heterocycles. The van der Waals surface area contributed by atoms with E-state index in [2.05, 4.69) is 4.98 Å². The Labute approximate surface area is 159 Å². The average molecular weight is 403 g/mol. The Morgan fingerprint density at radius 2 is 1.93 bits per heavy atom. The highest BCUT2D eigenvalue weighted by Crippen LogP contribution is 2.27. The Kier molecular flexibility index (Phi) is 4.09. The summed E-state index contributed by atoms with van der Waals surface area (Å²) < 4.78 is 31.4. The van der Waals surface area contributed by atoms with E-state index in [1.54, 1.807) is 34.9 Å². The maximum atomic E-state index is 12.3. The summed E-state index contributed by atoms with van der Waals surface area (Å²) in [6, 6.07) is 11.9. The largest absolute Gasteiger partial charge is 0.423 e. The van der Waals surface area contributed by atoms with Crippen LogP contribution in [0.5, 0.6) is 0 Å². The molecule has 4 rings (SSSR count). The van der Waals surface area contributed by atoms with E-state index in [4.69, 9.17) is 16.0 Å². The van der Waals surface area contributed by atoms with E-state index in [1.165, 1.54) is 6.07 Å². The molecular weight excluding hydrogens is 388 g/mol. The molecule has 2 heterocycles. The first-order valence-corrected chi connectivity index (χ1v) is 10.4. The molecule has 27 heavy (non-hydrogen) atoms. The van der Waals surface area contributed by atoms with Crippen LogP contribution in [0.3, 0.4) is 0 Å². The van der Waals surface area contributed by atoms with Crippen LogP contribution < -0.4 is 5.63 Å². The van der Waals surface area contributed by atoms with Gasteiger partial charge in [0.25, 0.3) is 0 Å². The number of sulfone groups is 1. The number of imidazole rings is 1. The molecule has 2 aromatic carbocycles. The van der Waals surface area contributed by atoms with Crippen molar-refractivity contribution in [3.63, 3.8) is 0 Å². The van der Waals surface area contributed by atoms with Gasteiger partial charge in [-0.15, -0.1) is 0 Å². The fourth-order valence-electron chi connectivity index (χ4n) is 3.14. The predicted molar refractivity (Wildman–Crippen MR) is 104 cm³/mol. The molecule has 0 radical (unpaired) electrons. The smallest absolute Gasteiger partial charge is 0.336 e. The third-order valence-corrected chi connectivity index (χ3v) is 5.77. The summed E-state index contributed by atoms with van der Waals surface area (Å²) in [5, 5.41) is 1.14. The lowest BCUT2D eigenvalue weighted by Crippen LogP contribution is -2.12. The molecule has 0 N–H and O–H groups in total. The number of aryl methyl sites for hydroxylation is 1. The number of nitrogens with zero attached hydrogens (tertiary/aromatic N) is 2. The van der Waals surface area contributed by atoms with Gasteiger partial charge in [0, 0.05) is 22.7 Å². The lowest BCUT2D eigenvalue weighted by molar-refractivity contribution is 0.555. The summed E-state index contributed by atoms with van der Waals surface area (Å²) in [6.45, 7) is 1.96. The van der Waals surface area contributed by atoms with Gasteiger partial charge < -0.3 is 8.98 Å². The normalized spacial score (nSPS) is 12.1. The van der Waals surface area contributed by atoms with E-state index in [9.17, 15) is 13.2 Å². The van der Waals surface area contributed by atoms with Crippen molar-refractivity contribution in [3.8, 4) is 0 Å². The van der Waals surface area contributed by atoms with Crippen molar-refractivity contribution in [1.29, 1.82) is 0 Å². The van der Waals surface area contributed by atoms with Crippen LogP contribution >= 0.6 is 11.6 Å².